The highest BCUT2D eigenvalue weighted by molar-refractivity contribution is 7.88. The van der Waals surface area contributed by atoms with Gasteiger partial charge in [0.25, 0.3) is 0 Å². The maximum absolute atomic E-state index is 12.2. The summed E-state index contributed by atoms with van der Waals surface area (Å²) in [5, 5.41) is 0.479. The van der Waals surface area contributed by atoms with Gasteiger partial charge in [-0.05, 0) is 18.3 Å². The summed E-state index contributed by atoms with van der Waals surface area (Å²) in [6, 6.07) is 8.03. The zero-order valence-corrected chi connectivity index (χ0v) is 11.0. The molecular formula is C9H11F3O3SSi. The number of benzene rings is 1. The van der Waals surface area contributed by atoms with Gasteiger partial charge in [0.15, 0.2) is 0 Å². The van der Waals surface area contributed by atoms with E-state index in [4.69, 9.17) is 0 Å². The van der Waals surface area contributed by atoms with Crippen LogP contribution in [0.15, 0.2) is 30.3 Å². The summed E-state index contributed by atoms with van der Waals surface area (Å²) in [5.41, 5.74) is -5.38. The molecule has 0 aromatic heterocycles. The third-order valence-corrected chi connectivity index (χ3v) is 6.91. The fourth-order valence-corrected chi connectivity index (χ4v) is 5.16. The molecule has 96 valence electrons. The van der Waals surface area contributed by atoms with Gasteiger partial charge in [0.1, 0.15) is 0 Å². The van der Waals surface area contributed by atoms with Crippen LogP contribution in [0.5, 0.6) is 0 Å². The Labute approximate surface area is 98.5 Å². The highest BCUT2D eigenvalue weighted by Crippen LogP contribution is 2.27. The first-order chi connectivity index (χ1) is 7.56. The van der Waals surface area contributed by atoms with Crippen molar-refractivity contribution in [2.24, 2.45) is 0 Å². The molecule has 0 N–H and O–H groups in total. The molecule has 0 saturated heterocycles. The van der Waals surface area contributed by atoms with Crippen molar-refractivity contribution >= 4 is 23.6 Å². The standard InChI is InChI=1S/C9H11F3O3SSi/c1-17(2,8-6-4-3-5-7-8)15-16(13,14)9(10,11)12/h3-7H,1-2H3. The molecule has 3 nitrogen and oxygen atoms in total. The number of halogens is 3. The largest absolute Gasteiger partial charge is 0.522 e. The van der Waals surface area contributed by atoms with Crippen molar-refractivity contribution in [2.75, 3.05) is 0 Å². The van der Waals surface area contributed by atoms with E-state index in [1.165, 1.54) is 13.1 Å². The van der Waals surface area contributed by atoms with E-state index >= 15 is 0 Å². The Morgan fingerprint density at radius 1 is 1.12 bits per heavy atom. The van der Waals surface area contributed by atoms with Gasteiger partial charge in [-0.2, -0.15) is 21.6 Å². The summed E-state index contributed by atoms with van der Waals surface area (Å²) in [4.78, 5) is 0. The van der Waals surface area contributed by atoms with Crippen molar-refractivity contribution < 1.29 is 25.5 Å². The molecule has 0 aliphatic carbocycles. The maximum atomic E-state index is 12.2. The Balaban J connectivity index is 3.04. The average Bonchev–Trinajstić information content (AvgIpc) is 2.15. The molecule has 0 atom stereocenters. The SMILES string of the molecule is C[Si](C)(OS(=O)(=O)C(F)(F)F)c1ccccc1. The highest BCUT2D eigenvalue weighted by Gasteiger charge is 2.50. The maximum Gasteiger partial charge on any atom is 0.522 e. The molecule has 0 heterocycles. The van der Waals surface area contributed by atoms with Crippen LogP contribution >= 0.6 is 0 Å². The predicted octanol–water partition coefficient (Wildman–Crippen LogP) is 1.96. The molecule has 1 aromatic rings. The molecule has 1 rings (SSSR count). The molecule has 0 radical (unpaired) electrons. The minimum Gasteiger partial charge on any atom is -0.303 e. The normalized spacial score (nSPS) is 13.7. The van der Waals surface area contributed by atoms with Crippen LogP contribution in [-0.4, -0.2) is 22.2 Å². The van der Waals surface area contributed by atoms with Crippen LogP contribution in [0.2, 0.25) is 13.1 Å². The molecule has 0 saturated carbocycles. The zero-order chi connectivity index (χ0) is 13.3. The summed E-state index contributed by atoms with van der Waals surface area (Å²) in [6.07, 6.45) is 0. The average molecular weight is 284 g/mol. The van der Waals surface area contributed by atoms with Gasteiger partial charge < -0.3 is 3.87 Å². The van der Waals surface area contributed by atoms with Gasteiger partial charge in [0.05, 0.1) is 0 Å². The van der Waals surface area contributed by atoms with Gasteiger partial charge in [0, 0.05) is 0 Å². The molecule has 0 fully saturated rings. The van der Waals surface area contributed by atoms with E-state index in [0.717, 1.165) is 0 Å². The van der Waals surface area contributed by atoms with E-state index in [-0.39, 0.29) is 0 Å². The summed E-state index contributed by atoms with van der Waals surface area (Å²) in [6.45, 7) is 2.79. The van der Waals surface area contributed by atoms with Gasteiger partial charge in [0.2, 0.25) is 8.32 Å². The first-order valence-electron chi connectivity index (χ1n) is 4.64. The third kappa shape index (κ3) is 3.30. The van der Waals surface area contributed by atoms with Crippen LogP contribution in [0.3, 0.4) is 0 Å². The van der Waals surface area contributed by atoms with Crippen LogP contribution in [0.1, 0.15) is 0 Å². The minimum atomic E-state index is -5.54. The van der Waals surface area contributed by atoms with Gasteiger partial charge >= 0.3 is 15.6 Å². The van der Waals surface area contributed by atoms with Crippen LogP contribution in [-0.2, 0) is 14.0 Å². The van der Waals surface area contributed by atoms with Crippen molar-refractivity contribution in [3.05, 3.63) is 30.3 Å². The first kappa shape index (κ1) is 14.2. The molecule has 0 bridgehead atoms. The van der Waals surface area contributed by atoms with Crippen molar-refractivity contribution in [1.29, 1.82) is 0 Å². The molecule has 8 heteroatoms. The second-order valence-corrected chi connectivity index (χ2v) is 9.50. The number of hydrogen-bond donors (Lipinski definition) is 0. The van der Waals surface area contributed by atoms with E-state index in [9.17, 15) is 21.6 Å². The van der Waals surface area contributed by atoms with Gasteiger partial charge in [-0.25, -0.2) is 0 Å². The van der Waals surface area contributed by atoms with Crippen LogP contribution in [0.4, 0.5) is 13.2 Å². The highest BCUT2D eigenvalue weighted by atomic mass is 32.2. The Morgan fingerprint density at radius 3 is 2.00 bits per heavy atom. The second-order valence-electron chi connectivity index (χ2n) is 3.86. The second kappa shape index (κ2) is 4.43. The Hall–Kier alpha value is -0.863. The van der Waals surface area contributed by atoms with Crippen molar-refractivity contribution in [3.8, 4) is 0 Å². The van der Waals surface area contributed by atoms with Crippen molar-refractivity contribution in [2.45, 2.75) is 18.6 Å². The third-order valence-electron chi connectivity index (χ3n) is 2.07. The lowest BCUT2D eigenvalue weighted by Gasteiger charge is -2.23. The Bertz CT molecular complexity index is 482. The zero-order valence-electron chi connectivity index (χ0n) is 9.15. The quantitative estimate of drug-likeness (QED) is 0.629. The lowest BCUT2D eigenvalue weighted by atomic mass is 10.4. The number of hydrogen-bond acceptors (Lipinski definition) is 3. The molecule has 0 aliphatic heterocycles. The van der Waals surface area contributed by atoms with Gasteiger partial charge in [-0.3, -0.25) is 0 Å². The lowest BCUT2D eigenvalue weighted by Crippen LogP contribution is -2.48. The lowest BCUT2D eigenvalue weighted by molar-refractivity contribution is -0.0502. The molecular weight excluding hydrogens is 273 g/mol. The summed E-state index contributed by atoms with van der Waals surface area (Å²) in [5.74, 6) is 0. The van der Waals surface area contributed by atoms with E-state index < -0.39 is 23.9 Å². The smallest absolute Gasteiger partial charge is 0.303 e. The van der Waals surface area contributed by atoms with E-state index in [2.05, 4.69) is 3.87 Å². The van der Waals surface area contributed by atoms with E-state index in [1.54, 1.807) is 30.3 Å². The molecule has 17 heavy (non-hydrogen) atoms. The molecule has 0 amide bonds. The monoisotopic (exact) mass is 284 g/mol. The Morgan fingerprint density at radius 2 is 1.59 bits per heavy atom. The van der Waals surface area contributed by atoms with Crippen molar-refractivity contribution in [1.82, 2.24) is 0 Å². The molecule has 0 spiro atoms. The topological polar surface area (TPSA) is 43.4 Å². The summed E-state index contributed by atoms with van der Waals surface area (Å²) in [7, 11) is -8.67. The summed E-state index contributed by atoms with van der Waals surface area (Å²) >= 11 is 0. The molecule has 0 unspecified atom stereocenters. The van der Waals surface area contributed by atoms with Gasteiger partial charge in [-0.1, -0.05) is 30.3 Å². The molecule has 0 aliphatic rings. The first-order valence-corrected chi connectivity index (χ1v) is 8.95. The van der Waals surface area contributed by atoms with Crippen LogP contribution in [0, 0.1) is 0 Å². The van der Waals surface area contributed by atoms with Crippen LogP contribution < -0.4 is 5.19 Å². The molecule has 1 aromatic carbocycles. The summed E-state index contributed by atoms with van der Waals surface area (Å²) < 4.78 is 62.8. The van der Waals surface area contributed by atoms with Crippen molar-refractivity contribution in [3.63, 3.8) is 0 Å². The fraction of sp³-hybridized carbons (Fsp3) is 0.333. The predicted molar refractivity (Wildman–Crippen MR) is 59.6 cm³/mol. The van der Waals surface area contributed by atoms with E-state index in [1.807, 2.05) is 0 Å². The fourth-order valence-electron chi connectivity index (χ4n) is 1.21. The minimum absolute atomic E-state index is 0.479. The van der Waals surface area contributed by atoms with Gasteiger partial charge in [-0.15, -0.1) is 0 Å². The number of alkyl halides is 3. The van der Waals surface area contributed by atoms with Crippen LogP contribution in [0.25, 0.3) is 0 Å². The number of rotatable bonds is 3. The van der Waals surface area contributed by atoms with E-state index in [0.29, 0.717) is 5.19 Å². The Kier molecular flexibility index (Phi) is 3.70.